The summed E-state index contributed by atoms with van der Waals surface area (Å²) in [6.07, 6.45) is 0.525. The fraction of sp³-hybridized carbons (Fsp3) is 0.318. The van der Waals surface area contributed by atoms with Gasteiger partial charge in [0.25, 0.3) is 5.91 Å². The lowest BCUT2D eigenvalue weighted by Gasteiger charge is -2.07. The highest BCUT2D eigenvalue weighted by atomic mass is 35.5. The summed E-state index contributed by atoms with van der Waals surface area (Å²) in [6, 6.07) is 6.52. The minimum atomic E-state index is -0.451. The average molecular weight is 491 g/mol. The summed E-state index contributed by atoms with van der Waals surface area (Å²) in [4.78, 5) is 45.7. The van der Waals surface area contributed by atoms with Crippen LogP contribution in [-0.2, 0) is 20.9 Å². The summed E-state index contributed by atoms with van der Waals surface area (Å²) in [5.41, 5.74) is 7.20. The van der Waals surface area contributed by atoms with Crippen LogP contribution in [0.1, 0.15) is 51.2 Å². The van der Waals surface area contributed by atoms with E-state index in [1.807, 2.05) is 0 Å². The molecule has 174 valence electrons. The van der Waals surface area contributed by atoms with Crippen LogP contribution >= 0.6 is 22.9 Å². The van der Waals surface area contributed by atoms with Gasteiger partial charge in [-0.05, 0) is 50.1 Å². The number of hydrogen-bond acceptors (Lipinski definition) is 9. The first-order chi connectivity index (χ1) is 15.8. The van der Waals surface area contributed by atoms with Crippen LogP contribution < -0.4 is 11.1 Å². The summed E-state index contributed by atoms with van der Waals surface area (Å²) in [6.45, 7) is 3.92. The number of carbonyl (C=O) groups excluding carboxylic acids is 3. The monoisotopic (exact) mass is 490 g/mol. The number of nitrogens with zero attached hydrogens (tertiary/aromatic N) is 2. The highest BCUT2D eigenvalue weighted by molar-refractivity contribution is 7.20. The van der Waals surface area contributed by atoms with Gasteiger partial charge in [0.15, 0.2) is 12.4 Å². The third kappa shape index (κ3) is 6.17. The Morgan fingerprint density at radius 2 is 1.88 bits per heavy atom. The number of hydrogen-bond donors (Lipinski definition) is 2. The number of anilines is 1. The number of esters is 2. The molecular weight excluding hydrogens is 468 g/mol. The molecule has 2 aromatic heterocycles. The van der Waals surface area contributed by atoms with Crippen LogP contribution in [0.4, 0.5) is 5.82 Å². The second kappa shape index (κ2) is 11.1. The van der Waals surface area contributed by atoms with Gasteiger partial charge in [-0.25, -0.2) is 14.8 Å². The van der Waals surface area contributed by atoms with Crippen molar-refractivity contribution in [1.29, 1.82) is 0 Å². The fourth-order valence-corrected chi connectivity index (χ4v) is 4.25. The molecule has 0 radical (unpaired) electrons. The van der Waals surface area contributed by atoms with Crippen LogP contribution in [0, 0.1) is 6.92 Å². The number of amides is 1. The zero-order valence-corrected chi connectivity index (χ0v) is 19.7. The lowest BCUT2D eigenvalue weighted by molar-refractivity contribution is -0.145. The van der Waals surface area contributed by atoms with E-state index in [0.29, 0.717) is 44.2 Å². The number of nitrogens with one attached hydrogen (secondary N) is 1. The van der Waals surface area contributed by atoms with E-state index < -0.39 is 11.9 Å². The van der Waals surface area contributed by atoms with Gasteiger partial charge in [0.05, 0.1) is 12.0 Å². The molecule has 3 N–H and O–H groups in total. The minimum absolute atomic E-state index is 0.115. The molecule has 9 nitrogen and oxygen atoms in total. The highest BCUT2D eigenvalue weighted by Gasteiger charge is 2.20. The van der Waals surface area contributed by atoms with Crippen LogP contribution in [0.3, 0.4) is 0 Å². The van der Waals surface area contributed by atoms with E-state index in [9.17, 15) is 14.4 Å². The quantitative estimate of drug-likeness (QED) is 0.343. The van der Waals surface area contributed by atoms with E-state index >= 15 is 0 Å². The second-order valence-corrected chi connectivity index (χ2v) is 8.44. The van der Waals surface area contributed by atoms with Gasteiger partial charge in [0.2, 0.25) is 0 Å². The number of halogens is 1. The predicted molar refractivity (Wildman–Crippen MR) is 125 cm³/mol. The van der Waals surface area contributed by atoms with E-state index in [1.165, 1.54) is 0 Å². The third-order valence-corrected chi connectivity index (χ3v) is 6.05. The van der Waals surface area contributed by atoms with Crippen molar-refractivity contribution in [3.8, 4) is 0 Å². The number of nitrogen functional groups attached to an aromatic ring is 1. The largest absolute Gasteiger partial charge is 0.462 e. The molecule has 0 saturated carbocycles. The van der Waals surface area contributed by atoms with Gasteiger partial charge in [-0.3, -0.25) is 9.59 Å². The molecule has 0 bridgehead atoms. The second-order valence-electron chi connectivity index (χ2n) is 7.01. The molecule has 0 aliphatic carbocycles. The molecule has 1 aromatic carbocycles. The van der Waals surface area contributed by atoms with Crippen molar-refractivity contribution in [3.63, 3.8) is 0 Å². The van der Waals surface area contributed by atoms with Crippen molar-refractivity contribution in [3.05, 3.63) is 51.1 Å². The molecule has 11 heteroatoms. The summed E-state index contributed by atoms with van der Waals surface area (Å²) in [5, 5.41) is 3.87. The first-order valence-electron chi connectivity index (χ1n) is 10.2. The molecule has 1 amide bonds. The molecule has 33 heavy (non-hydrogen) atoms. The van der Waals surface area contributed by atoms with Crippen LogP contribution in [0.15, 0.2) is 24.3 Å². The average Bonchev–Trinajstić information content (AvgIpc) is 3.12. The van der Waals surface area contributed by atoms with E-state index in [4.69, 9.17) is 26.8 Å². The molecule has 3 rings (SSSR count). The predicted octanol–water partition coefficient (Wildman–Crippen LogP) is 3.67. The Labute approximate surface area is 199 Å². The number of fused-ring (bicyclic) bond motifs is 1. The summed E-state index contributed by atoms with van der Waals surface area (Å²) < 4.78 is 10.3. The molecule has 0 aliphatic rings. The van der Waals surface area contributed by atoms with Gasteiger partial charge >= 0.3 is 11.9 Å². The molecule has 0 atom stereocenters. The van der Waals surface area contributed by atoms with Crippen molar-refractivity contribution in [2.75, 3.05) is 18.9 Å². The minimum Gasteiger partial charge on any atom is -0.462 e. The van der Waals surface area contributed by atoms with Crippen molar-refractivity contribution in [2.24, 2.45) is 0 Å². The van der Waals surface area contributed by atoms with Gasteiger partial charge in [-0.15, -0.1) is 11.3 Å². The number of aromatic nitrogens is 2. The smallest absolute Gasteiger partial charge is 0.348 e. The first-order valence-corrected chi connectivity index (χ1v) is 11.4. The van der Waals surface area contributed by atoms with Crippen molar-refractivity contribution >= 4 is 56.8 Å². The van der Waals surface area contributed by atoms with Gasteiger partial charge in [-0.2, -0.15) is 0 Å². The van der Waals surface area contributed by atoms with Gasteiger partial charge in [0, 0.05) is 23.6 Å². The van der Waals surface area contributed by atoms with Crippen LogP contribution in [-0.4, -0.2) is 41.0 Å². The van der Waals surface area contributed by atoms with E-state index in [-0.39, 0.29) is 37.2 Å². The number of carbonyl (C=O) groups is 3. The number of benzene rings is 1. The van der Waals surface area contributed by atoms with Crippen LogP contribution in [0.25, 0.3) is 10.2 Å². The maximum atomic E-state index is 12.1. The maximum absolute atomic E-state index is 12.1. The standard InChI is InChI=1S/C22H23ClN4O5S/c1-3-31-22(30)18-12(2)17-19(24)26-15(27-21(17)33-18)11-32-16(28)5-4-10-25-20(29)13-6-8-14(23)9-7-13/h6-9H,3-5,10-11H2,1-2H3,(H,25,29)(H2,24,26,27). The van der Waals surface area contributed by atoms with Crippen LogP contribution in [0.5, 0.6) is 0 Å². The molecular formula is C22H23ClN4O5S. The Bertz CT molecular complexity index is 1180. The summed E-state index contributed by atoms with van der Waals surface area (Å²) in [7, 11) is 0. The number of ether oxygens (including phenoxy) is 2. The lowest BCUT2D eigenvalue weighted by atomic mass is 10.2. The molecule has 0 fully saturated rings. The van der Waals surface area contributed by atoms with Gasteiger partial charge < -0.3 is 20.5 Å². The van der Waals surface area contributed by atoms with E-state index in [1.54, 1.807) is 38.1 Å². The fourth-order valence-electron chi connectivity index (χ4n) is 3.03. The molecule has 0 unspecified atom stereocenters. The Balaban J connectivity index is 1.50. The number of thiophene rings is 1. The molecule has 3 aromatic rings. The highest BCUT2D eigenvalue weighted by Crippen LogP contribution is 2.33. The van der Waals surface area contributed by atoms with E-state index in [2.05, 4.69) is 15.3 Å². The third-order valence-electron chi connectivity index (χ3n) is 4.64. The summed E-state index contributed by atoms with van der Waals surface area (Å²) in [5.74, 6) is -0.687. The summed E-state index contributed by atoms with van der Waals surface area (Å²) >= 11 is 6.96. The maximum Gasteiger partial charge on any atom is 0.348 e. The van der Waals surface area contributed by atoms with Gasteiger partial charge in [-0.1, -0.05) is 11.6 Å². The van der Waals surface area contributed by atoms with Gasteiger partial charge in [0.1, 0.15) is 15.5 Å². The van der Waals surface area contributed by atoms with E-state index in [0.717, 1.165) is 11.3 Å². The zero-order chi connectivity index (χ0) is 24.0. The Hall–Kier alpha value is -3.24. The lowest BCUT2D eigenvalue weighted by Crippen LogP contribution is -2.25. The number of rotatable bonds is 9. The Kier molecular flexibility index (Phi) is 8.18. The SMILES string of the molecule is CCOC(=O)c1sc2nc(COC(=O)CCCNC(=O)c3ccc(Cl)cc3)nc(N)c2c1C. The molecule has 0 saturated heterocycles. The molecule has 2 heterocycles. The number of nitrogens with two attached hydrogens (primary N) is 1. The normalized spacial score (nSPS) is 10.8. The molecule has 0 spiro atoms. The molecule has 0 aliphatic heterocycles. The van der Waals surface area contributed by atoms with Crippen molar-refractivity contribution in [2.45, 2.75) is 33.3 Å². The zero-order valence-electron chi connectivity index (χ0n) is 18.1. The number of aryl methyl sites for hydroxylation is 1. The van der Waals surface area contributed by atoms with Crippen molar-refractivity contribution < 1.29 is 23.9 Å². The Morgan fingerprint density at radius 3 is 2.58 bits per heavy atom. The van der Waals surface area contributed by atoms with Crippen LogP contribution in [0.2, 0.25) is 5.02 Å². The topological polar surface area (TPSA) is 134 Å². The van der Waals surface area contributed by atoms with Crippen molar-refractivity contribution in [1.82, 2.24) is 15.3 Å². The first kappa shape index (κ1) is 24.4. The Morgan fingerprint density at radius 1 is 1.15 bits per heavy atom.